The number of rotatable bonds is 8. The number of fused-ring (bicyclic) bond motifs is 1. The van der Waals surface area contributed by atoms with Crippen LogP contribution in [0, 0.1) is 0 Å². The second-order valence-electron chi connectivity index (χ2n) is 6.81. The van der Waals surface area contributed by atoms with Gasteiger partial charge in [0.15, 0.2) is 6.61 Å². The van der Waals surface area contributed by atoms with Crippen molar-refractivity contribution < 1.29 is 14.3 Å². The maximum atomic E-state index is 13.1. The van der Waals surface area contributed by atoms with Crippen LogP contribution in [0.1, 0.15) is 18.9 Å². The van der Waals surface area contributed by atoms with Gasteiger partial charge in [-0.05, 0) is 23.4 Å². The first-order valence-electron chi connectivity index (χ1n) is 9.79. The first-order chi connectivity index (χ1) is 14.1. The van der Waals surface area contributed by atoms with Crippen molar-refractivity contribution in [3.63, 3.8) is 0 Å². The van der Waals surface area contributed by atoms with E-state index in [1.54, 1.807) is 11.9 Å². The van der Waals surface area contributed by atoms with E-state index >= 15 is 0 Å². The van der Waals surface area contributed by atoms with E-state index in [1.807, 2.05) is 79.7 Å². The Hall–Kier alpha value is -3.34. The largest absolute Gasteiger partial charge is 0.483 e. The fourth-order valence-electron chi connectivity index (χ4n) is 3.41. The monoisotopic (exact) mass is 390 g/mol. The second kappa shape index (κ2) is 9.73. The van der Waals surface area contributed by atoms with Crippen LogP contribution >= 0.6 is 0 Å². The third-order valence-electron chi connectivity index (χ3n) is 4.93. The van der Waals surface area contributed by atoms with E-state index in [-0.39, 0.29) is 18.4 Å². The molecule has 5 heteroatoms. The molecule has 0 aliphatic heterocycles. The highest BCUT2D eigenvalue weighted by Crippen LogP contribution is 2.25. The number of hydrogen-bond donors (Lipinski definition) is 1. The Labute approximate surface area is 171 Å². The zero-order valence-corrected chi connectivity index (χ0v) is 16.8. The number of carbonyl (C=O) groups is 2. The smallest absolute Gasteiger partial charge is 0.261 e. The molecule has 0 saturated heterocycles. The quantitative estimate of drug-likeness (QED) is 0.637. The van der Waals surface area contributed by atoms with Crippen molar-refractivity contribution in [1.29, 1.82) is 0 Å². The Balaban J connectivity index is 1.80. The number of nitrogens with zero attached hydrogens (tertiary/aromatic N) is 1. The second-order valence-corrected chi connectivity index (χ2v) is 6.81. The minimum atomic E-state index is -0.552. The van der Waals surface area contributed by atoms with Gasteiger partial charge in [0.1, 0.15) is 11.8 Å². The predicted octanol–water partition coefficient (Wildman–Crippen LogP) is 3.77. The molecule has 0 fully saturated rings. The molecular weight excluding hydrogens is 364 g/mol. The van der Waals surface area contributed by atoms with E-state index in [4.69, 9.17) is 4.74 Å². The number of likely N-dealkylation sites (N-methyl/N-ethyl adjacent to an activating group) is 1. The predicted molar refractivity (Wildman–Crippen MR) is 115 cm³/mol. The van der Waals surface area contributed by atoms with E-state index in [2.05, 4.69) is 5.32 Å². The number of hydrogen-bond acceptors (Lipinski definition) is 3. The number of ether oxygens (including phenoxy) is 1. The first-order valence-corrected chi connectivity index (χ1v) is 9.79. The molecule has 0 aliphatic rings. The minimum Gasteiger partial charge on any atom is -0.483 e. The summed E-state index contributed by atoms with van der Waals surface area (Å²) in [5.41, 5.74) is 0.966. The summed E-state index contributed by atoms with van der Waals surface area (Å²) in [5.74, 6) is 0.253. The molecule has 5 nitrogen and oxygen atoms in total. The van der Waals surface area contributed by atoms with Crippen molar-refractivity contribution in [3.8, 4) is 5.75 Å². The van der Waals surface area contributed by atoms with Crippen LogP contribution in [0.15, 0.2) is 72.8 Å². The molecule has 150 valence electrons. The van der Waals surface area contributed by atoms with E-state index < -0.39 is 6.04 Å². The lowest BCUT2D eigenvalue weighted by molar-refractivity contribution is -0.142. The van der Waals surface area contributed by atoms with Gasteiger partial charge >= 0.3 is 0 Å². The Morgan fingerprint density at radius 1 is 0.966 bits per heavy atom. The topological polar surface area (TPSA) is 58.6 Å². The number of carbonyl (C=O) groups excluding carboxylic acids is 2. The molecule has 0 unspecified atom stereocenters. The molecule has 3 aromatic rings. The summed E-state index contributed by atoms with van der Waals surface area (Å²) in [7, 11) is 1.59. The van der Waals surface area contributed by atoms with Crippen LogP contribution in [0.25, 0.3) is 10.8 Å². The summed E-state index contributed by atoms with van der Waals surface area (Å²) in [5, 5.41) is 4.67. The zero-order chi connectivity index (χ0) is 20.6. The molecule has 29 heavy (non-hydrogen) atoms. The van der Waals surface area contributed by atoms with Gasteiger partial charge in [0.25, 0.3) is 5.91 Å². The van der Waals surface area contributed by atoms with Crippen LogP contribution in [-0.2, 0) is 16.1 Å². The van der Waals surface area contributed by atoms with Gasteiger partial charge in [-0.1, -0.05) is 73.7 Å². The number of amides is 2. The van der Waals surface area contributed by atoms with Gasteiger partial charge in [0, 0.05) is 19.0 Å². The first kappa shape index (κ1) is 20.4. The molecule has 1 N–H and O–H groups in total. The minimum absolute atomic E-state index is 0.131. The lowest BCUT2D eigenvalue weighted by Gasteiger charge is -2.30. The molecular formula is C24H26N2O3. The molecule has 3 aromatic carbocycles. The van der Waals surface area contributed by atoms with E-state index in [1.165, 1.54) is 0 Å². The number of benzene rings is 3. The fraction of sp³-hybridized carbons (Fsp3) is 0.250. The van der Waals surface area contributed by atoms with Crippen LogP contribution in [0.5, 0.6) is 5.75 Å². The van der Waals surface area contributed by atoms with Crippen LogP contribution in [0.2, 0.25) is 0 Å². The molecule has 0 bridgehead atoms. The molecule has 0 spiro atoms. The normalized spacial score (nSPS) is 11.7. The van der Waals surface area contributed by atoms with E-state index in [0.29, 0.717) is 18.7 Å². The Morgan fingerprint density at radius 3 is 2.38 bits per heavy atom. The average Bonchev–Trinajstić information content (AvgIpc) is 2.77. The van der Waals surface area contributed by atoms with Gasteiger partial charge in [0.05, 0.1) is 0 Å². The molecule has 0 aliphatic carbocycles. The highest BCUT2D eigenvalue weighted by atomic mass is 16.5. The van der Waals surface area contributed by atoms with Crippen molar-refractivity contribution in [2.45, 2.75) is 25.9 Å². The zero-order valence-electron chi connectivity index (χ0n) is 16.8. The SMILES string of the molecule is CC[C@H](C(=O)NC)N(Cc1ccccc1)C(=O)COc1cccc2ccccc12. The Kier molecular flexibility index (Phi) is 6.85. The standard InChI is InChI=1S/C24H26N2O3/c1-3-21(24(28)25-2)26(16-18-10-5-4-6-11-18)23(27)17-29-22-15-9-13-19-12-7-8-14-20(19)22/h4-15,21H,3,16-17H2,1-2H3,(H,25,28)/t21-/m1/s1. The summed E-state index contributed by atoms with van der Waals surface area (Å²) >= 11 is 0. The molecule has 0 radical (unpaired) electrons. The molecule has 2 amide bonds. The van der Waals surface area contributed by atoms with E-state index in [9.17, 15) is 9.59 Å². The highest BCUT2D eigenvalue weighted by molar-refractivity contribution is 5.90. The van der Waals surface area contributed by atoms with Gasteiger partial charge in [-0.2, -0.15) is 0 Å². The maximum Gasteiger partial charge on any atom is 0.261 e. The van der Waals surface area contributed by atoms with Crippen LogP contribution in [-0.4, -0.2) is 36.4 Å². The molecule has 0 heterocycles. The Bertz CT molecular complexity index is 967. The van der Waals surface area contributed by atoms with Crippen molar-refractivity contribution in [2.24, 2.45) is 0 Å². The van der Waals surface area contributed by atoms with Crippen molar-refractivity contribution >= 4 is 22.6 Å². The van der Waals surface area contributed by atoms with Gasteiger partial charge in [-0.15, -0.1) is 0 Å². The van der Waals surface area contributed by atoms with Gasteiger partial charge in [0.2, 0.25) is 5.91 Å². The van der Waals surface area contributed by atoms with Gasteiger partial charge < -0.3 is 15.0 Å². The average molecular weight is 390 g/mol. The lowest BCUT2D eigenvalue weighted by atomic mass is 10.1. The van der Waals surface area contributed by atoms with Crippen molar-refractivity contribution in [1.82, 2.24) is 10.2 Å². The van der Waals surface area contributed by atoms with Crippen LogP contribution in [0.3, 0.4) is 0 Å². The van der Waals surface area contributed by atoms with E-state index in [0.717, 1.165) is 16.3 Å². The third-order valence-corrected chi connectivity index (χ3v) is 4.93. The number of nitrogens with one attached hydrogen (secondary N) is 1. The van der Waals surface area contributed by atoms with Gasteiger partial charge in [-0.25, -0.2) is 0 Å². The maximum absolute atomic E-state index is 13.1. The summed E-state index contributed by atoms with van der Waals surface area (Å²) < 4.78 is 5.88. The molecule has 0 aromatic heterocycles. The Morgan fingerprint density at radius 2 is 1.66 bits per heavy atom. The fourth-order valence-corrected chi connectivity index (χ4v) is 3.41. The molecule has 0 saturated carbocycles. The summed E-state index contributed by atoms with van der Waals surface area (Å²) in [6, 6.07) is 22.8. The lowest BCUT2D eigenvalue weighted by Crippen LogP contribution is -2.49. The highest BCUT2D eigenvalue weighted by Gasteiger charge is 2.28. The molecule has 3 rings (SSSR count). The summed E-state index contributed by atoms with van der Waals surface area (Å²) in [6.07, 6.45) is 0.520. The summed E-state index contributed by atoms with van der Waals surface area (Å²) in [4.78, 5) is 27.1. The van der Waals surface area contributed by atoms with Crippen LogP contribution < -0.4 is 10.1 Å². The van der Waals surface area contributed by atoms with Crippen LogP contribution in [0.4, 0.5) is 0 Å². The third kappa shape index (κ3) is 4.93. The summed E-state index contributed by atoms with van der Waals surface area (Å²) in [6.45, 7) is 2.12. The van der Waals surface area contributed by atoms with Gasteiger partial charge in [-0.3, -0.25) is 9.59 Å². The van der Waals surface area contributed by atoms with Crippen molar-refractivity contribution in [2.75, 3.05) is 13.7 Å². The van der Waals surface area contributed by atoms with Crippen molar-refractivity contribution in [3.05, 3.63) is 78.4 Å². The molecule has 1 atom stereocenters.